The monoisotopic (exact) mass is 274 g/mol. The predicted octanol–water partition coefficient (Wildman–Crippen LogP) is 2.36. The summed E-state index contributed by atoms with van der Waals surface area (Å²) in [6.45, 7) is 0. The first kappa shape index (κ1) is 12.8. The van der Waals surface area contributed by atoms with Crippen molar-refractivity contribution in [2.45, 2.75) is 24.1 Å². The lowest BCUT2D eigenvalue weighted by atomic mass is 10.1. The molecule has 5 heteroatoms. The number of nitrogens with one attached hydrogen (secondary N) is 1. The van der Waals surface area contributed by atoms with E-state index in [1.54, 1.807) is 11.3 Å². The molecular weight excluding hydrogens is 256 g/mol. The number of thiophene rings is 1. The molecule has 0 spiro atoms. The number of hydrogen-bond donors (Lipinski definition) is 2. The Labute approximate surface area is 110 Å². The highest BCUT2D eigenvalue weighted by Gasteiger charge is 2.23. The van der Waals surface area contributed by atoms with Crippen LogP contribution in [0.2, 0.25) is 0 Å². The second kappa shape index (κ2) is 6.91. The van der Waals surface area contributed by atoms with Crippen molar-refractivity contribution in [3.8, 4) is 0 Å². The Bertz CT molecular complexity index is 283. The average Bonchev–Trinajstić information content (AvgIpc) is 2.84. The summed E-state index contributed by atoms with van der Waals surface area (Å²) in [6.07, 6.45) is 2.28. The van der Waals surface area contributed by atoms with Gasteiger partial charge in [-0.05, 0) is 35.2 Å². The molecule has 2 rings (SSSR count). The number of hydrazine groups is 1. The highest BCUT2D eigenvalue weighted by Crippen LogP contribution is 2.28. The van der Waals surface area contributed by atoms with Crippen molar-refractivity contribution in [3.63, 3.8) is 0 Å². The van der Waals surface area contributed by atoms with Crippen molar-refractivity contribution < 1.29 is 0 Å². The van der Waals surface area contributed by atoms with Crippen LogP contribution in [0.15, 0.2) is 16.8 Å². The second-order valence-electron chi connectivity index (χ2n) is 3.93. The molecule has 1 aliphatic rings. The first-order valence-corrected chi connectivity index (χ1v) is 8.71. The van der Waals surface area contributed by atoms with Crippen molar-refractivity contribution in [2.75, 3.05) is 17.3 Å². The van der Waals surface area contributed by atoms with E-state index < -0.39 is 0 Å². The van der Waals surface area contributed by atoms with Crippen LogP contribution in [0.5, 0.6) is 0 Å². The van der Waals surface area contributed by atoms with Gasteiger partial charge in [-0.1, -0.05) is 0 Å². The Morgan fingerprint density at radius 1 is 1.50 bits per heavy atom. The van der Waals surface area contributed by atoms with Gasteiger partial charge in [-0.25, -0.2) is 0 Å². The fraction of sp³-hybridized carbons (Fsp3) is 0.636. The number of aryl methyl sites for hydroxylation is 1. The zero-order valence-electron chi connectivity index (χ0n) is 9.22. The topological polar surface area (TPSA) is 38.0 Å². The molecule has 0 bridgehead atoms. The summed E-state index contributed by atoms with van der Waals surface area (Å²) in [5, 5.41) is 5.06. The molecule has 16 heavy (non-hydrogen) atoms. The third-order valence-corrected chi connectivity index (χ3v) is 6.48. The molecule has 90 valence electrons. The summed E-state index contributed by atoms with van der Waals surface area (Å²) >= 11 is 5.90. The summed E-state index contributed by atoms with van der Waals surface area (Å²) in [5.41, 5.74) is 4.45. The molecule has 1 aromatic rings. The van der Waals surface area contributed by atoms with E-state index in [1.807, 2.05) is 0 Å². The van der Waals surface area contributed by atoms with Crippen LogP contribution in [-0.4, -0.2) is 28.6 Å². The van der Waals surface area contributed by atoms with Gasteiger partial charge in [0.15, 0.2) is 0 Å². The van der Waals surface area contributed by atoms with Gasteiger partial charge in [0.2, 0.25) is 0 Å². The van der Waals surface area contributed by atoms with Crippen LogP contribution in [0.25, 0.3) is 0 Å². The molecule has 2 heterocycles. The van der Waals surface area contributed by atoms with E-state index in [2.05, 4.69) is 45.8 Å². The number of nitrogens with two attached hydrogens (primary N) is 1. The van der Waals surface area contributed by atoms with Gasteiger partial charge in [0.25, 0.3) is 0 Å². The van der Waals surface area contributed by atoms with Crippen LogP contribution in [-0.2, 0) is 6.42 Å². The van der Waals surface area contributed by atoms with E-state index in [0.29, 0.717) is 11.3 Å². The van der Waals surface area contributed by atoms with Gasteiger partial charge in [-0.3, -0.25) is 11.3 Å². The molecule has 2 unspecified atom stereocenters. The Kier molecular flexibility index (Phi) is 5.52. The normalized spacial score (nSPS) is 23.2. The zero-order chi connectivity index (χ0) is 11.2. The lowest BCUT2D eigenvalue weighted by Crippen LogP contribution is -2.45. The van der Waals surface area contributed by atoms with Crippen molar-refractivity contribution in [2.24, 2.45) is 5.84 Å². The molecule has 0 aliphatic carbocycles. The Morgan fingerprint density at radius 3 is 3.06 bits per heavy atom. The van der Waals surface area contributed by atoms with Crippen LogP contribution in [0.1, 0.15) is 12.0 Å². The minimum absolute atomic E-state index is 0.456. The van der Waals surface area contributed by atoms with Crippen molar-refractivity contribution in [1.82, 2.24) is 5.43 Å². The minimum Gasteiger partial charge on any atom is -0.271 e. The summed E-state index contributed by atoms with van der Waals surface area (Å²) in [5.74, 6) is 9.48. The molecule has 2 nitrogen and oxygen atoms in total. The third kappa shape index (κ3) is 3.67. The Hall–Kier alpha value is 0.320. The van der Waals surface area contributed by atoms with Crippen LogP contribution in [0.4, 0.5) is 0 Å². The molecule has 2 atom stereocenters. The van der Waals surface area contributed by atoms with Crippen LogP contribution >= 0.6 is 34.9 Å². The van der Waals surface area contributed by atoms with Crippen molar-refractivity contribution in [3.05, 3.63) is 22.4 Å². The van der Waals surface area contributed by atoms with Gasteiger partial charge >= 0.3 is 0 Å². The van der Waals surface area contributed by atoms with E-state index in [0.717, 1.165) is 12.8 Å². The molecule has 0 amide bonds. The van der Waals surface area contributed by atoms with E-state index >= 15 is 0 Å². The number of thioether (sulfide) groups is 2. The summed E-state index contributed by atoms with van der Waals surface area (Å²) in [7, 11) is 0. The summed E-state index contributed by atoms with van der Waals surface area (Å²) in [6, 6.07) is 2.67. The van der Waals surface area contributed by atoms with Crippen LogP contribution in [0.3, 0.4) is 0 Å². The quantitative estimate of drug-likeness (QED) is 0.638. The maximum atomic E-state index is 5.67. The Morgan fingerprint density at radius 2 is 2.44 bits per heavy atom. The third-order valence-electron chi connectivity index (χ3n) is 2.83. The van der Waals surface area contributed by atoms with Gasteiger partial charge in [0.05, 0.1) is 0 Å². The molecule has 1 aliphatic heterocycles. The lowest BCUT2D eigenvalue weighted by molar-refractivity contribution is 0.493. The summed E-state index contributed by atoms with van der Waals surface area (Å²) in [4.78, 5) is 0. The largest absolute Gasteiger partial charge is 0.271 e. The molecule has 1 aromatic heterocycles. The highest BCUT2D eigenvalue weighted by molar-refractivity contribution is 8.06. The van der Waals surface area contributed by atoms with Gasteiger partial charge < -0.3 is 0 Å². The smallest absolute Gasteiger partial charge is 0.0340 e. The molecule has 1 saturated heterocycles. The maximum Gasteiger partial charge on any atom is 0.0340 e. The highest BCUT2D eigenvalue weighted by atomic mass is 32.2. The van der Waals surface area contributed by atoms with Gasteiger partial charge in [-0.2, -0.15) is 34.9 Å². The molecule has 3 N–H and O–H groups in total. The van der Waals surface area contributed by atoms with E-state index in [-0.39, 0.29) is 0 Å². The van der Waals surface area contributed by atoms with E-state index in [4.69, 9.17) is 5.84 Å². The van der Waals surface area contributed by atoms with Gasteiger partial charge in [0, 0.05) is 28.6 Å². The van der Waals surface area contributed by atoms with E-state index in [1.165, 1.54) is 22.8 Å². The number of hydrogen-bond acceptors (Lipinski definition) is 5. The first-order valence-electron chi connectivity index (χ1n) is 5.56. The van der Waals surface area contributed by atoms with Gasteiger partial charge in [0.1, 0.15) is 0 Å². The average molecular weight is 274 g/mol. The first-order chi connectivity index (χ1) is 7.90. The Balaban J connectivity index is 1.80. The molecule has 1 fully saturated rings. The molecule has 0 saturated carbocycles. The zero-order valence-corrected chi connectivity index (χ0v) is 11.7. The molecule has 0 aromatic carbocycles. The maximum absolute atomic E-state index is 5.67. The molecule has 0 radical (unpaired) electrons. The minimum atomic E-state index is 0.456. The van der Waals surface area contributed by atoms with E-state index in [9.17, 15) is 0 Å². The second-order valence-corrected chi connectivity index (χ2v) is 7.20. The SMILES string of the molecule is NNC(CCc1ccsc1)C1CSCCS1. The van der Waals surface area contributed by atoms with Crippen molar-refractivity contribution in [1.29, 1.82) is 0 Å². The lowest BCUT2D eigenvalue weighted by Gasteiger charge is -2.28. The predicted molar refractivity (Wildman–Crippen MR) is 77.3 cm³/mol. The van der Waals surface area contributed by atoms with Crippen molar-refractivity contribution >= 4 is 34.9 Å². The fourth-order valence-electron chi connectivity index (χ4n) is 1.87. The van der Waals surface area contributed by atoms with Crippen LogP contribution < -0.4 is 11.3 Å². The standard InChI is InChI=1S/C11H18N2S3/c12-13-10(11-8-15-5-6-16-11)2-1-9-3-4-14-7-9/h3-4,7,10-11,13H,1-2,5-6,8,12H2. The van der Waals surface area contributed by atoms with Gasteiger partial charge in [-0.15, -0.1) is 0 Å². The fourth-order valence-corrected chi connectivity index (χ4v) is 5.49. The number of rotatable bonds is 5. The summed E-state index contributed by atoms with van der Waals surface area (Å²) < 4.78 is 0. The molecular formula is C11H18N2S3. The van der Waals surface area contributed by atoms with Crippen LogP contribution in [0, 0.1) is 0 Å².